The van der Waals surface area contributed by atoms with Crippen molar-refractivity contribution >= 4 is 0 Å². The second-order valence-electron chi connectivity index (χ2n) is 5.18. The molecule has 106 valence electrons. The number of benzene rings is 1. The third-order valence-electron chi connectivity index (χ3n) is 3.68. The zero-order valence-corrected chi connectivity index (χ0v) is 10.9. The fourth-order valence-corrected chi connectivity index (χ4v) is 2.09. The Morgan fingerprint density at radius 3 is 2.63 bits per heavy atom. The SMILES string of the molecule is CC(NCC1(CO)CC1)c1ccccc1OC(F)F. The van der Waals surface area contributed by atoms with Crippen LogP contribution in [0.5, 0.6) is 5.75 Å². The van der Waals surface area contributed by atoms with Crippen LogP contribution in [0.1, 0.15) is 31.4 Å². The van der Waals surface area contributed by atoms with Gasteiger partial charge < -0.3 is 15.2 Å². The highest BCUT2D eigenvalue weighted by atomic mass is 19.3. The number of aliphatic hydroxyl groups excluding tert-OH is 1. The molecule has 2 rings (SSSR count). The summed E-state index contributed by atoms with van der Waals surface area (Å²) in [6.07, 6.45) is 2.02. The van der Waals surface area contributed by atoms with E-state index in [0.717, 1.165) is 12.8 Å². The van der Waals surface area contributed by atoms with Crippen LogP contribution >= 0.6 is 0 Å². The molecular formula is C14H19F2NO2. The van der Waals surface area contributed by atoms with E-state index in [2.05, 4.69) is 10.1 Å². The predicted octanol–water partition coefficient (Wildman–Crippen LogP) is 2.71. The summed E-state index contributed by atoms with van der Waals surface area (Å²) in [6, 6.07) is 6.68. The Morgan fingerprint density at radius 2 is 2.05 bits per heavy atom. The van der Waals surface area contributed by atoms with Gasteiger partial charge in [0.25, 0.3) is 0 Å². The number of aliphatic hydroxyl groups is 1. The second-order valence-corrected chi connectivity index (χ2v) is 5.18. The molecule has 0 radical (unpaired) electrons. The van der Waals surface area contributed by atoms with Crippen LogP contribution < -0.4 is 10.1 Å². The van der Waals surface area contributed by atoms with Crippen LogP contribution in [0, 0.1) is 5.41 Å². The molecule has 5 heteroatoms. The van der Waals surface area contributed by atoms with Crippen LogP contribution in [0.25, 0.3) is 0 Å². The number of para-hydroxylation sites is 1. The molecule has 1 aliphatic rings. The number of ether oxygens (including phenoxy) is 1. The third kappa shape index (κ3) is 3.64. The zero-order chi connectivity index (χ0) is 13.9. The Labute approximate surface area is 111 Å². The fraction of sp³-hybridized carbons (Fsp3) is 0.571. The summed E-state index contributed by atoms with van der Waals surface area (Å²) in [6.45, 7) is -0.0583. The normalized spacial score (nSPS) is 18.4. The fourth-order valence-electron chi connectivity index (χ4n) is 2.09. The summed E-state index contributed by atoms with van der Waals surface area (Å²) in [5.74, 6) is 0.200. The highest BCUT2D eigenvalue weighted by molar-refractivity contribution is 5.35. The highest BCUT2D eigenvalue weighted by Gasteiger charge is 2.41. The van der Waals surface area contributed by atoms with Gasteiger partial charge in [-0.05, 0) is 25.8 Å². The lowest BCUT2D eigenvalue weighted by molar-refractivity contribution is -0.0506. The maximum absolute atomic E-state index is 12.3. The van der Waals surface area contributed by atoms with Crippen LogP contribution in [0.3, 0.4) is 0 Å². The first-order chi connectivity index (χ1) is 9.06. The van der Waals surface area contributed by atoms with Gasteiger partial charge in [0.1, 0.15) is 5.75 Å². The van der Waals surface area contributed by atoms with Gasteiger partial charge in [0.15, 0.2) is 0 Å². The van der Waals surface area contributed by atoms with Gasteiger partial charge in [-0.3, -0.25) is 0 Å². The van der Waals surface area contributed by atoms with Gasteiger partial charge in [0, 0.05) is 30.2 Å². The largest absolute Gasteiger partial charge is 0.434 e. The topological polar surface area (TPSA) is 41.5 Å². The molecule has 19 heavy (non-hydrogen) atoms. The summed E-state index contributed by atoms with van der Waals surface area (Å²) < 4.78 is 29.2. The van der Waals surface area contributed by atoms with Gasteiger partial charge in [0.05, 0.1) is 0 Å². The minimum Gasteiger partial charge on any atom is -0.434 e. The lowest BCUT2D eigenvalue weighted by Gasteiger charge is -2.20. The standard InChI is InChI=1S/C14H19F2NO2/c1-10(17-8-14(9-18)6-7-14)11-4-2-3-5-12(11)19-13(15)16/h2-5,10,13,17-18H,6-9H2,1H3. The van der Waals surface area contributed by atoms with Gasteiger partial charge >= 0.3 is 6.61 Å². The maximum atomic E-state index is 12.3. The zero-order valence-electron chi connectivity index (χ0n) is 10.9. The average molecular weight is 271 g/mol. The first-order valence-corrected chi connectivity index (χ1v) is 6.44. The molecule has 1 fully saturated rings. The minimum atomic E-state index is -2.82. The van der Waals surface area contributed by atoms with Gasteiger partial charge in [-0.2, -0.15) is 8.78 Å². The first kappa shape index (κ1) is 14.2. The van der Waals surface area contributed by atoms with Gasteiger partial charge in [-0.1, -0.05) is 18.2 Å². The molecular weight excluding hydrogens is 252 g/mol. The van der Waals surface area contributed by atoms with E-state index in [1.165, 1.54) is 0 Å². The van der Waals surface area contributed by atoms with Crippen molar-refractivity contribution in [2.45, 2.75) is 32.4 Å². The van der Waals surface area contributed by atoms with Crippen molar-refractivity contribution in [1.29, 1.82) is 0 Å². The summed E-state index contributed by atoms with van der Waals surface area (Å²) in [5, 5.41) is 12.5. The Hall–Kier alpha value is -1.20. The van der Waals surface area contributed by atoms with Crippen LogP contribution in [0.2, 0.25) is 0 Å². The molecule has 2 N–H and O–H groups in total. The minimum absolute atomic E-state index is 0.00717. The van der Waals surface area contributed by atoms with Crippen molar-refractivity contribution in [3.05, 3.63) is 29.8 Å². The number of rotatable bonds is 7. The van der Waals surface area contributed by atoms with Crippen molar-refractivity contribution in [3.63, 3.8) is 0 Å². The molecule has 0 amide bonds. The van der Waals surface area contributed by atoms with Crippen LogP contribution in [-0.4, -0.2) is 24.9 Å². The second kappa shape index (κ2) is 5.84. The van der Waals surface area contributed by atoms with E-state index in [-0.39, 0.29) is 23.8 Å². The van der Waals surface area contributed by atoms with Gasteiger partial charge in [0.2, 0.25) is 0 Å². The number of hydrogen-bond donors (Lipinski definition) is 2. The first-order valence-electron chi connectivity index (χ1n) is 6.44. The summed E-state index contributed by atoms with van der Waals surface area (Å²) in [4.78, 5) is 0. The molecule has 0 heterocycles. The number of halogens is 2. The predicted molar refractivity (Wildman–Crippen MR) is 68.2 cm³/mol. The van der Waals surface area contributed by atoms with E-state index in [9.17, 15) is 13.9 Å². The van der Waals surface area contributed by atoms with Crippen molar-refractivity contribution in [2.24, 2.45) is 5.41 Å². The number of alkyl halides is 2. The molecule has 1 saturated carbocycles. The van der Waals surface area contributed by atoms with E-state index in [4.69, 9.17) is 0 Å². The Kier molecular flexibility index (Phi) is 4.37. The van der Waals surface area contributed by atoms with Gasteiger partial charge in [-0.25, -0.2) is 0 Å². The van der Waals surface area contributed by atoms with Crippen molar-refractivity contribution in [2.75, 3.05) is 13.2 Å². The van der Waals surface area contributed by atoms with E-state index >= 15 is 0 Å². The van der Waals surface area contributed by atoms with E-state index < -0.39 is 6.61 Å². The highest BCUT2D eigenvalue weighted by Crippen LogP contribution is 2.44. The van der Waals surface area contributed by atoms with Crippen molar-refractivity contribution < 1.29 is 18.6 Å². The maximum Gasteiger partial charge on any atom is 0.387 e. The third-order valence-corrected chi connectivity index (χ3v) is 3.68. The molecule has 0 saturated heterocycles. The van der Waals surface area contributed by atoms with Crippen LogP contribution in [-0.2, 0) is 0 Å². The molecule has 1 aromatic rings. The van der Waals surface area contributed by atoms with Crippen LogP contribution in [0.4, 0.5) is 8.78 Å². The molecule has 1 aliphatic carbocycles. The van der Waals surface area contributed by atoms with Crippen molar-refractivity contribution in [1.82, 2.24) is 5.32 Å². The molecule has 1 unspecified atom stereocenters. The van der Waals surface area contributed by atoms with Gasteiger partial charge in [-0.15, -0.1) is 0 Å². The lowest BCUT2D eigenvalue weighted by Crippen LogP contribution is -2.29. The van der Waals surface area contributed by atoms with Crippen LogP contribution in [0.15, 0.2) is 24.3 Å². The molecule has 1 atom stereocenters. The number of hydrogen-bond acceptors (Lipinski definition) is 3. The van der Waals surface area contributed by atoms with E-state index in [1.807, 2.05) is 6.92 Å². The van der Waals surface area contributed by atoms with E-state index in [0.29, 0.717) is 12.1 Å². The summed E-state index contributed by atoms with van der Waals surface area (Å²) in [7, 11) is 0. The molecule has 0 aliphatic heterocycles. The average Bonchev–Trinajstić information content (AvgIpc) is 3.17. The molecule has 0 bridgehead atoms. The lowest BCUT2D eigenvalue weighted by atomic mass is 10.0. The quantitative estimate of drug-likeness (QED) is 0.801. The molecule has 1 aromatic carbocycles. The van der Waals surface area contributed by atoms with Crippen molar-refractivity contribution in [3.8, 4) is 5.75 Å². The van der Waals surface area contributed by atoms with E-state index in [1.54, 1.807) is 24.3 Å². The Morgan fingerprint density at radius 1 is 1.37 bits per heavy atom. The Balaban J connectivity index is 1.99. The smallest absolute Gasteiger partial charge is 0.387 e. The molecule has 0 aromatic heterocycles. The molecule has 3 nitrogen and oxygen atoms in total. The molecule has 0 spiro atoms. The Bertz CT molecular complexity index is 422. The monoisotopic (exact) mass is 271 g/mol. The summed E-state index contributed by atoms with van der Waals surface area (Å²) in [5.41, 5.74) is 0.698. The number of nitrogens with one attached hydrogen (secondary N) is 1. The summed E-state index contributed by atoms with van der Waals surface area (Å²) >= 11 is 0.